The standard InChI is InChI=1S/C32H64O4/c1-3-5-7-9-11-13-14-15-16-17-18-19-21-23-25-27-32(34)36-31(29-33)30-35-28-26-24-22-20-12-10-8-6-4-2/h31,33H,3-30H2,1-2H3. The molecule has 4 heteroatoms. The molecule has 216 valence electrons. The number of aliphatic hydroxyl groups is 1. The summed E-state index contributed by atoms with van der Waals surface area (Å²) in [6.45, 7) is 5.35. The molecule has 0 aliphatic heterocycles. The van der Waals surface area contributed by atoms with Crippen molar-refractivity contribution in [2.24, 2.45) is 0 Å². The first kappa shape index (κ1) is 35.4. The highest BCUT2D eigenvalue weighted by Crippen LogP contribution is 2.14. The maximum Gasteiger partial charge on any atom is 0.306 e. The van der Waals surface area contributed by atoms with Gasteiger partial charge in [0.25, 0.3) is 0 Å². The average Bonchev–Trinajstić information content (AvgIpc) is 2.88. The van der Waals surface area contributed by atoms with E-state index in [0.717, 1.165) is 19.3 Å². The topological polar surface area (TPSA) is 55.8 Å². The first-order chi connectivity index (χ1) is 17.7. The zero-order chi connectivity index (χ0) is 26.4. The minimum atomic E-state index is -0.521. The Labute approximate surface area is 225 Å². The molecule has 1 N–H and O–H groups in total. The molecular formula is C32H64O4. The number of hydrogen-bond acceptors (Lipinski definition) is 4. The second-order valence-corrected chi connectivity index (χ2v) is 10.9. The lowest BCUT2D eigenvalue weighted by Gasteiger charge is -2.16. The quantitative estimate of drug-likeness (QED) is 0.0768. The fourth-order valence-corrected chi connectivity index (χ4v) is 4.74. The van der Waals surface area contributed by atoms with Gasteiger partial charge in [0.05, 0.1) is 13.2 Å². The van der Waals surface area contributed by atoms with E-state index < -0.39 is 6.10 Å². The first-order valence-electron chi connectivity index (χ1n) is 16.1. The van der Waals surface area contributed by atoms with Crippen molar-refractivity contribution in [3.8, 4) is 0 Å². The monoisotopic (exact) mass is 512 g/mol. The van der Waals surface area contributed by atoms with Crippen LogP contribution in [0, 0.1) is 0 Å². The van der Waals surface area contributed by atoms with E-state index in [4.69, 9.17) is 9.47 Å². The summed E-state index contributed by atoms with van der Waals surface area (Å²) in [5, 5.41) is 9.48. The second-order valence-electron chi connectivity index (χ2n) is 10.9. The van der Waals surface area contributed by atoms with E-state index in [2.05, 4.69) is 13.8 Å². The molecule has 0 heterocycles. The number of carbonyl (C=O) groups excluding carboxylic acids is 1. The number of ether oxygens (including phenoxy) is 2. The summed E-state index contributed by atoms with van der Waals surface area (Å²) in [6, 6.07) is 0. The van der Waals surface area contributed by atoms with E-state index in [-0.39, 0.29) is 12.6 Å². The molecule has 0 aliphatic carbocycles. The van der Waals surface area contributed by atoms with Crippen LogP contribution in [0.15, 0.2) is 0 Å². The van der Waals surface area contributed by atoms with E-state index in [1.165, 1.54) is 135 Å². The van der Waals surface area contributed by atoms with Gasteiger partial charge < -0.3 is 14.6 Å². The summed E-state index contributed by atoms with van der Waals surface area (Å²) in [4.78, 5) is 12.1. The van der Waals surface area contributed by atoms with Crippen LogP contribution >= 0.6 is 0 Å². The number of carbonyl (C=O) groups is 1. The number of unbranched alkanes of at least 4 members (excludes halogenated alkanes) is 22. The Hall–Kier alpha value is -0.610. The van der Waals surface area contributed by atoms with E-state index in [0.29, 0.717) is 19.6 Å². The molecule has 0 amide bonds. The van der Waals surface area contributed by atoms with Crippen LogP contribution < -0.4 is 0 Å². The summed E-state index contributed by atoms with van der Waals surface area (Å²) in [6.07, 6.45) is 31.3. The van der Waals surface area contributed by atoms with Crippen molar-refractivity contribution in [2.75, 3.05) is 19.8 Å². The average molecular weight is 513 g/mol. The largest absolute Gasteiger partial charge is 0.457 e. The molecule has 0 bridgehead atoms. The van der Waals surface area contributed by atoms with Crippen LogP contribution in [0.2, 0.25) is 0 Å². The fraction of sp³-hybridized carbons (Fsp3) is 0.969. The van der Waals surface area contributed by atoms with Gasteiger partial charge in [-0.15, -0.1) is 0 Å². The maximum atomic E-state index is 12.1. The van der Waals surface area contributed by atoms with Crippen LogP contribution in [0.3, 0.4) is 0 Å². The van der Waals surface area contributed by atoms with Crippen molar-refractivity contribution in [1.82, 2.24) is 0 Å². The van der Waals surface area contributed by atoms with Gasteiger partial charge in [-0.3, -0.25) is 4.79 Å². The normalized spacial score (nSPS) is 12.2. The molecule has 36 heavy (non-hydrogen) atoms. The Bertz CT molecular complexity index is 426. The molecule has 0 spiro atoms. The lowest BCUT2D eigenvalue weighted by Crippen LogP contribution is -2.27. The van der Waals surface area contributed by atoms with Crippen LogP contribution in [0.1, 0.15) is 174 Å². The predicted octanol–water partition coefficient (Wildman–Crippen LogP) is 9.70. The van der Waals surface area contributed by atoms with Gasteiger partial charge in [0.2, 0.25) is 0 Å². The minimum absolute atomic E-state index is 0.164. The van der Waals surface area contributed by atoms with Crippen LogP contribution in [-0.4, -0.2) is 37.0 Å². The van der Waals surface area contributed by atoms with Gasteiger partial charge in [0.15, 0.2) is 0 Å². The third kappa shape index (κ3) is 28.0. The van der Waals surface area contributed by atoms with E-state index in [9.17, 15) is 9.90 Å². The van der Waals surface area contributed by atoms with Crippen molar-refractivity contribution in [1.29, 1.82) is 0 Å². The molecule has 0 fully saturated rings. The van der Waals surface area contributed by atoms with Crippen LogP contribution in [0.4, 0.5) is 0 Å². The molecule has 1 atom stereocenters. The van der Waals surface area contributed by atoms with Crippen molar-refractivity contribution in [3.63, 3.8) is 0 Å². The maximum absolute atomic E-state index is 12.1. The fourth-order valence-electron chi connectivity index (χ4n) is 4.74. The highest BCUT2D eigenvalue weighted by atomic mass is 16.6. The third-order valence-electron chi connectivity index (χ3n) is 7.18. The Morgan fingerprint density at radius 2 is 0.917 bits per heavy atom. The summed E-state index contributed by atoms with van der Waals surface area (Å²) in [5.41, 5.74) is 0. The molecular weight excluding hydrogens is 448 g/mol. The van der Waals surface area contributed by atoms with Crippen LogP contribution in [0.5, 0.6) is 0 Å². The molecule has 1 unspecified atom stereocenters. The number of rotatable bonds is 30. The molecule has 4 nitrogen and oxygen atoms in total. The molecule has 0 aromatic heterocycles. The Kier molecular flexibility index (Phi) is 30.1. The summed E-state index contributed by atoms with van der Waals surface area (Å²) >= 11 is 0. The molecule has 0 aromatic rings. The molecule has 0 aliphatic rings. The van der Waals surface area contributed by atoms with Gasteiger partial charge in [0.1, 0.15) is 6.10 Å². The second kappa shape index (κ2) is 30.6. The van der Waals surface area contributed by atoms with Gasteiger partial charge in [-0.1, -0.05) is 155 Å². The van der Waals surface area contributed by atoms with Gasteiger partial charge in [-0.05, 0) is 12.8 Å². The van der Waals surface area contributed by atoms with Crippen molar-refractivity contribution in [3.05, 3.63) is 0 Å². The zero-order valence-corrected chi connectivity index (χ0v) is 24.5. The predicted molar refractivity (Wildman–Crippen MR) is 155 cm³/mol. The van der Waals surface area contributed by atoms with Crippen molar-refractivity contribution in [2.45, 2.75) is 180 Å². The smallest absolute Gasteiger partial charge is 0.306 e. The SMILES string of the molecule is CCCCCCCCCCCCCCCCCC(=O)OC(CO)COCCCCCCCCCCC. The van der Waals surface area contributed by atoms with Gasteiger partial charge >= 0.3 is 5.97 Å². The van der Waals surface area contributed by atoms with Crippen molar-refractivity contribution < 1.29 is 19.4 Å². The van der Waals surface area contributed by atoms with Gasteiger partial charge in [-0.2, -0.15) is 0 Å². The lowest BCUT2D eigenvalue weighted by molar-refractivity contribution is -0.154. The minimum Gasteiger partial charge on any atom is -0.457 e. The summed E-state index contributed by atoms with van der Waals surface area (Å²) in [7, 11) is 0. The number of hydrogen-bond donors (Lipinski definition) is 1. The van der Waals surface area contributed by atoms with Gasteiger partial charge in [-0.25, -0.2) is 0 Å². The van der Waals surface area contributed by atoms with Crippen molar-refractivity contribution >= 4 is 5.97 Å². The molecule has 0 aromatic carbocycles. The molecule has 0 radical (unpaired) electrons. The number of aliphatic hydroxyl groups excluding tert-OH is 1. The lowest BCUT2D eigenvalue weighted by atomic mass is 10.0. The molecule has 0 saturated carbocycles. The summed E-state index contributed by atoms with van der Waals surface area (Å²) < 4.78 is 11.0. The Morgan fingerprint density at radius 1 is 0.556 bits per heavy atom. The molecule has 0 saturated heterocycles. The summed E-state index contributed by atoms with van der Waals surface area (Å²) in [5.74, 6) is -0.199. The number of esters is 1. The highest BCUT2D eigenvalue weighted by molar-refractivity contribution is 5.69. The zero-order valence-electron chi connectivity index (χ0n) is 24.5. The van der Waals surface area contributed by atoms with E-state index >= 15 is 0 Å². The van der Waals surface area contributed by atoms with E-state index in [1.807, 2.05) is 0 Å². The van der Waals surface area contributed by atoms with E-state index in [1.54, 1.807) is 0 Å². The molecule has 0 rings (SSSR count). The first-order valence-corrected chi connectivity index (χ1v) is 16.1. The van der Waals surface area contributed by atoms with Crippen LogP contribution in [0.25, 0.3) is 0 Å². The Balaban J connectivity index is 3.40. The van der Waals surface area contributed by atoms with Gasteiger partial charge in [0, 0.05) is 13.0 Å². The highest BCUT2D eigenvalue weighted by Gasteiger charge is 2.13. The Morgan fingerprint density at radius 3 is 1.31 bits per heavy atom. The third-order valence-corrected chi connectivity index (χ3v) is 7.18. The van der Waals surface area contributed by atoms with Crippen LogP contribution in [-0.2, 0) is 14.3 Å².